The van der Waals surface area contributed by atoms with Crippen LogP contribution in [0.4, 0.5) is 22.0 Å². The molecule has 0 saturated heterocycles. The highest BCUT2D eigenvalue weighted by Gasteiger charge is 2.57. The van der Waals surface area contributed by atoms with Gasteiger partial charge in [0, 0.05) is 5.92 Å². The summed E-state index contributed by atoms with van der Waals surface area (Å²) in [5.41, 5.74) is -1.91. The minimum Gasteiger partial charge on any atom is -0.243 e. The fourth-order valence-electron chi connectivity index (χ4n) is 4.68. The van der Waals surface area contributed by atoms with Crippen LogP contribution in [0.25, 0.3) is 0 Å². The Labute approximate surface area is 139 Å². The molecule has 1 aromatic rings. The van der Waals surface area contributed by atoms with Crippen LogP contribution in [0.5, 0.6) is 0 Å². The Bertz CT molecular complexity index is 578. The molecule has 5 unspecified atom stereocenters. The first-order chi connectivity index (χ1) is 11.4. The summed E-state index contributed by atoms with van der Waals surface area (Å²) in [5.74, 6) is -5.18. The highest BCUT2D eigenvalue weighted by molar-refractivity contribution is 5.28. The third-order valence-electron chi connectivity index (χ3n) is 6.02. The molecule has 0 aromatic heterocycles. The molecule has 0 heterocycles. The maximum absolute atomic E-state index is 15.4. The van der Waals surface area contributed by atoms with E-state index in [1.807, 2.05) is 0 Å². The second kappa shape index (κ2) is 6.64. The summed E-state index contributed by atoms with van der Waals surface area (Å²) in [5, 5.41) is 0. The number of hydrogen-bond acceptors (Lipinski definition) is 0. The summed E-state index contributed by atoms with van der Waals surface area (Å²) < 4.78 is 70.4. The molecule has 3 rings (SSSR count). The minimum absolute atomic E-state index is 0.0223. The largest absolute Gasteiger partial charge is 0.243 e. The van der Waals surface area contributed by atoms with Gasteiger partial charge in [-0.25, -0.2) is 22.0 Å². The van der Waals surface area contributed by atoms with E-state index < -0.39 is 41.1 Å². The molecule has 5 heteroatoms. The number of benzene rings is 1. The van der Waals surface area contributed by atoms with E-state index in [-0.39, 0.29) is 18.4 Å². The topological polar surface area (TPSA) is 0 Å². The normalized spacial score (nSPS) is 36.4. The molecule has 0 nitrogen and oxygen atoms in total. The standard InChI is InChI=1S/C19H23F5/c1-2-3-11-4-5-13-10-14(18(23)19(13,24)7-6-11)12-8-15(20)17(22)16(21)9-12/h8-9,11,13-14,18H,2-7,10H2,1H3. The van der Waals surface area contributed by atoms with Crippen molar-refractivity contribution in [2.45, 2.75) is 69.6 Å². The number of alkyl halides is 2. The molecule has 24 heavy (non-hydrogen) atoms. The molecule has 0 radical (unpaired) electrons. The molecule has 2 aliphatic carbocycles. The molecule has 0 aliphatic heterocycles. The van der Waals surface area contributed by atoms with E-state index in [1.54, 1.807) is 0 Å². The van der Waals surface area contributed by atoms with Gasteiger partial charge >= 0.3 is 0 Å². The quantitative estimate of drug-likeness (QED) is 0.449. The van der Waals surface area contributed by atoms with E-state index in [2.05, 4.69) is 6.92 Å². The lowest BCUT2D eigenvalue weighted by atomic mass is 9.87. The van der Waals surface area contributed by atoms with E-state index in [1.165, 1.54) is 0 Å². The van der Waals surface area contributed by atoms with Gasteiger partial charge in [0.05, 0.1) is 0 Å². The van der Waals surface area contributed by atoms with Crippen LogP contribution >= 0.6 is 0 Å². The van der Waals surface area contributed by atoms with Gasteiger partial charge in [-0.15, -0.1) is 0 Å². The van der Waals surface area contributed by atoms with E-state index in [9.17, 15) is 17.6 Å². The molecule has 1 aromatic carbocycles. The molecule has 134 valence electrons. The van der Waals surface area contributed by atoms with Gasteiger partial charge in [0.15, 0.2) is 17.5 Å². The number of fused-ring (bicyclic) bond motifs is 1. The molecule has 5 atom stereocenters. The van der Waals surface area contributed by atoms with Crippen molar-refractivity contribution in [3.05, 3.63) is 35.1 Å². The third-order valence-corrected chi connectivity index (χ3v) is 6.02. The zero-order valence-electron chi connectivity index (χ0n) is 13.8. The van der Waals surface area contributed by atoms with Gasteiger partial charge < -0.3 is 0 Å². The van der Waals surface area contributed by atoms with Crippen molar-refractivity contribution in [2.24, 2.45) is 11.8 Å². The molecule has 0 N–H and O–H groups in total. The van der Waals surface area contributed by atoms with Crippen molar-refractivity contribution in [1.82, 2.24) is 0 Å². The molecule has 0 bridgehead atoms. The first-order valence-electron chi connectivity index (χ1n) is 8.84. The number of rotatable bonds is 3. The smallest absolute Gasteiger partial charge is 0.194 e. The average Bonchev–Trinajstić information content (AvgIpc) is 2.69. The van der Waals surface area contributed by atoms with E-state index in [4.69, 9.17) is 0 Å². The van der Waals surface area contributed by atoms with Crippen LogP contribution in [0.3, 0.4) is 0 Å². The van der Waals surface area contributed by atoms with Crippen molar-refractivity contribution in [3.63, 3.8) is 0 Å². The minimum atomic E-state index is -1.94. The first kappa shape index (κ1) is 17.7. The van der Waals surface area contributed by atoms with Crippen LogP contribution in [0.2, 0.25) is 0 Å². The summed E-state index contributed by atoms with van der Waals surface area (Å²) in [4.78, 5) is 0. The zero-order valence-corrected chi connectivity index (χ0v) is 13.8. The van der Waals surface area contributed by atoms with Gasteiger partial charge in [0.1, 0.15) is 11.8 Å². The van der Waals surface area contributed by atoms with Crippen molar-refractivity contribution in [3.8, 4) is 0 Å². The Hall–Kier alpha value is -1.13. The van der Waals surface area contributed by atoms with Gasteiger partial charge in [0.2, 0.25) is 0 Å². The average molecular weight is 346 g/mol. The van der Waals surface area contributed by atoms with E-state index in [0.29, 0.717) is 18.8 Å². The van der Waals surface area contributed by atoms with Crippen LogP contribution in [0.15, 0.2) is 12.1 Å². The molecule has 2 saturated carbocycles. The Morgan fingerprint density at radius 3 is 2.38 bits per heavy atom. The Morgan fingerprint density at radius 1 is 1.08 bits per heavy atom. The monoisotopic (exact) mass is 346 g/mol. The summed E-state index contributed by atoms with van der Waals surface area (Å²) in [6.07, 6.45) is 2.77. The number of hydrogen-bond donors (Lipinski definition) is 0. The molecule has 0 spiro atoms. The Morgan fingerprint density at radius 2 is 1.75 bits per heavy atom. The lowest BCUT2D eigenvalue weighted by Crippen LogP contribution is -2.36. The maximum atomic E-state index is 15.4. The zero-order chi connectivity index (χ0) is 17.5. The van der Waals surface area contributed by atoms with Crippen LogP contribution < -0.4 is 0 Å². The summed E-state index contributed by atoms with van der Waals surface area (Å²) in [6.45, 7) is 2.09. The Kier molecular flexibility index (Phi) is 4.89. The van der Waals surface area contributed by atoms with Crippen molar-refractivity contribution in [2.75, 3.05) is 0 Å². The highest BCUT2D eigenvalue weighted by Crippen LogP contribution is 2.55. The van der Waals surface area contributed by atoms with Gasteiger partial charge in [-0.2, -0.15) is 0 Å². The summed E-state index contributed by atoms with van der Waals surface area (Å²) in [6, 6.07) is 1.62. The first-order valence-corrected chi connectivity index (χ1v) is 8.84. The van der Waals surface area contributed by atoms with Crippen LogP contribution in [-0.2, 0) is 0 Å². The second-order valence-electron chi connectivity index (χ2n) is 7.44. The Balaban J connectivity index is 1.83. The molecule has 2 aliphatic rings. The summed E-state index contributed by atoms with van der Waals surface area (Å²) in [7, 11) is 0. The maximum Gasteiger partial charge on any atom is 0.194 e. The summed E-state index contributed by atoms with van der Waals surface area (Å²) >= 11 is 0. The lowest BCUT2D eigenvalue weighted by Gasteiger charge is -2.28. The molecular formula is C19H23F5. The predicted octanol–water partition coefficient (Wildman–Crippen LogP) is 6.24. The molecular weight excluding hydrogens is 323 g/mol. The highest BCUT2D eigenvalue weighted by atomic mass is 19.2. The second-order valence-corrected chi connectivity index (χ2v) is 7.44. The van der Waals surface area contributed by atoms with Crippen molar-refractivity contribution in [1.29, 1.82) is 0 Å². The van der Waals surface area contributed by atoms with Gasteiger partial charge in [0.25, 0.3) is 0 Å². The predicted molar refractivity (Wildman–Crippen MR) is 82.8 cm³/mol. The molecule has 0 amide bonds. The SMILES string of the molecule is CCCC1CCC2CC(c3cc(F)c(F)c(F)c3)C(F)C2(F)CC1. The molecule has 2 fully saturated rings. The van der Waals surface area contributed by atoms with Crippen LogP contribution in [0, 0.1) is 29.3 Å². The third kappa shape index (κ3) is 2.95. The van der Waals surface area contributed by atoms with Gasteiger partial charge in [-0.05, 0) is 55.2 Å². The van der Waals surface area contributed by atoms with Gasteiger partial charge in [-0.3, -0.25) is 0 Å². The van der Waals surface area contributed by atoms with E-state index >= 15 is 4.39 Å². The van der Waals surface area contributed by atoms with Crippen molar-refractivity contribution >= 4 is 0 Å². The van der Waals surface area contributed by atoms with Gasteiger partial charge in [-0.1, -0.05) is 26.2 Å². The van der Waals surface area contributed by atoms with E-state index in [0.717, 1.165) is 31.4 Å². The number of halogens is 5. The van der Waals surface area contributed by atoms with Crippen LogP contribution in [-0.4, -0.2) is 11.8 Å². The van der Waals surface area contributed by atoms with Crippen molar-refractivity contribution < 1.29 is 22.0 Å². The fraction of sp³-hybridized carbons (Fsp3) is 0.684. The van der Waals surface area contributed by atoms with Crippen LogP contribution in [0.1, 0.15) is 63.4 Å². The fourth-order valence-corrected chi connectivity index (χ4v) is 4.68. The lowest BCUT2D eigenvalue weighted by molar-refractivity contribution is 0.0261.